The minimum absolute atomic E-state index is 0.215. The highest BCUT2D eigenvalue weighted by molar-refractivity contribution is 7.91. The molecular formula is C19H31N3O3S. The van der Waals surface area contributed by atoms with Crippen LogP contribution in [0.2, 0.25) is 0 Å². The first-order valence-electron chi connectivity index (χ1n) is 9.26. The maximum absolute atomic E-state index is 13.1. The first kappa shape index (κ1) is 20.9. The Balaban J connectivity index is 2.31. The van der Waals surface area contributed by atoms with E-state index >= 15 is 0 Å². The molecule has 0 spiro atoms. The van der Waals surface area contributed by atoms with Gasteiger partial charge in [0.15, 0.2) is 0 Å². The normalized spacial score (nSPS) is 15.6. The van der Waals surface area contributed by atoms with Gasteiger partial charge in [-0.15, -0.1) is 13.2 Å². The molecule has 0 saturated heterocycles. The predicted octanol–water partition coefficient (Wildman–Crippen LogP) is 2.81. The fraction of sp³-hybridized carbons (Fsp3) is 0.632. The predicted molar refractivity (Wildman–Crippen MR) is 104 cm³/mol. The summed E-state index contributed by atoms with van der Waals surface area (Å²) in [5, 5.41) is -0.0796. The number of aromatic nitrogens is 2. The van der Waals surface area contributed by atoms with Gasteiger partial charge in [-0.05, 0) is 19.3 Å². The third-order valence-electron chi connectivity index (χ3n) is 4.79. The lowest BCUT2D eigenvalue weighted by Crippen LogP contribution is -2.27. The molecule has 1 aromatic heterocycles. The summed E-state index contributed by atoms with van der Waals surface area (Å²) < 4.78 is 33.2. The van der Waals surface area contributed by atoms with Gasteiger partial charge >= 0.3 is 0 Å². The molecule has 1 saturated carbocycles. The Bertz CT molecular complexity index is 681. The van der Waals surface area contributed by atoms with Crippen molar-refractivity contribution in [2.75, 3.05) is 26.8 Å². The van der Waals surface area contributed by atoms with Gasteiger partial charge in [-0.25, -0.2) is 13.4 Å². The molecule has 7 heteroatoms. The Hall–Kier alpha value is -1.44. The summed E-state index contributed by atoms with van der Waals surface area (Å²) in [5.74, 6) is 0. The highest BCUT2D eigenvalue weighted by Crippen LogP contribution is 2.29. The van der Waals surface area contributed by atoms with Crippen LogP contribution in [-0.2, 0) is 27.7 Å². The number of ether oxygens (including phenoxy) is 1. The van der Waals surface area contributed by atoms with Crippen molar-refractivity contribution in [3.05, 3.63) is 37.2 Å². The van der Waals surface area contributed by atoms with E-state index in [-0.39, 0.29) is 10.4 Å². The molecule has 0 amide bonds. The van der Waals surface area contributed by atoms with Gasteiger partial charge < -0.3 is 9.30 Å². The first-order chi connectivity index (χ1) is 12.5. The van der Waals surface area contributed by atoms with Crippen LogP contribution in [0.3, 0.4) is 0 Å². The van der Waals surface area contributed by atoms with Crippen LogP contribution in [0.25, 0.3) is 0 Å². The minimum atomic E-state index is -3.39. The van der Waals surface area contributed by atoms with E-state index in [0.717, 1.165) is 37.8 Å². The molecule has 0 bridgehead atoms. The Labute approximate surface area is 157 Å². The van der Waals surface area contributed by atoms with Crippen LogP contribution >= 0.6 is 0 Å². The molecular weight excluding hydrogens is 350 g/mol. The zero-order valence-electron chi connectivity index (χ0n) is 15.8. The van der Waals surface area contributed by atoms with E-state index in [0.29, 0.717) is 32.8 Å². The second-order valence-corrected chi connectivity index (χ2v) is 8.87. The van der Waals surface area contributed by atoms with Crippen molar-refractivity contribution in [2.45, 2.75) is 55.6 Å². The second-order valence-electron chi connectivity index (χ2n) is 6.75. The Morgan fingerprint density at radius 2 is 1.96 bits per heavy atom. The molecule has 1 aliphatic carbocycles. The van der Waals surface area contributed by atoms with Gasteiger partial charge in [0, 0.05) is 39.9 Å². The Kier molecular flexibility index (Phi) is 8.06. The van der Waals surface area contributed by atoms with Crippen molar-refractivity contribution in [1.29, 1.82) is 0 Å². The lowest BCUT2D eigenvalue weighted by Gasteiger charge is -2.21. The summed E-state index contributed by atoms with van der Waals surface area (Å²) >= 11 is 0. The van der Waals surface area contributed by atoms with Gasteiger partial charge in [0.05, 0.1) is 17.1 Å². The largest absolute Gasteiger partial charge is 0.385 e. The van der Waals surface area contributed by atoms with E-state index in [4.69, 9.17) is 4.74 Å². The third kappa shape index (κ3) is 5.05. The molecule has 1 heterocycles. The number of hydrogen-bond acceptors (Lipinski definition) is 5. The maximum Gasteiger partial charge on any atom is 0.228 e. The molecule has 0 aromatic carbocycles. The quantitative estimate of drug-likeness (QED) is 0.411. The average molecular weight is 382 g/mol. The zero-order valence-corrected chi connectivity index (χ0v) is 16.6. The van der Waals surface area contributed by atoms with Crippen molar-refractivity contribution in [1.82, 2.24) is 14.5 Å². The van der Waals surface area contributed by atoms with Crippen LogP contribution in [0.1, 0.15) is 37.8 Å². The molecule has 1 aromatic rings. The maximum atomic E-state index is 13.1. The van der Waals surface area contributed by atoms with Gasteiger partial charge in [0.25, 0.3) is 0 Å². The molecule has 0 unspecified atom stereocenters. The molecule has 26 heavy (non-hydrogen) atoms. The molecule has 0 atom stereocenters. The molecule has 2 rings (SSSR count). The van der Waals surface area contributed by atoms with Crippen LogP contribution in [0.15, 0.2) is 36.7 Å². The minimum Gasteiger partial charge on any atom is -0.385 e. The van der Waals surface area contributed by atoms with Crippen LogP contribution in [0.4, 0.5) is 0 Å². The third-order valence-corrected chi connectivity index (χ3v) is 6.97. The summed E-state index contributed by atoms with van der Waals surface area (Å²) in [4.78, 5) is 6.49. The lowest BCUT2D eigenvalue weighted by atomic mass is 10.3. The molecule has 146 valence electrons. The van der Waals surface area contributed by atoms with Gasteiger partial charge in [-0.3, -0.25) is 4.90 Å². The smallest absolute Gasteiger partial charge is 0.228 e. The Morgan fingerprint density at radius 3 is 2.54 bits per heavy atom. The number of imidazole rings is 1. The highest BCUT2D eigenvalue weighted by Gasteiger charge is 2.34. The molecule has 0 aliphatic heterocycles. The fourth-order valence-electron chi connectivity index (χ4n) is 3.50. The number of nitrogens with zero attached hydrogens (tertiary/aromatic N) is 3. The molecule has 0 N–H and O–H groups in total. The summed E-state index contributed by atoms with van der Waals surface area (Å²) in [6, 6.07) is 0. The van der Waals surface area contributed by atoms with Gasteiger partial charge in [-0.2, -0.15) is 0 Å². The van der Waals surface area contributed by atoms with Gasteiger partial charge in [-0.1, -0.05) is 25.0 Å². The summed E-state index contributed by atoms with van der Waals surface area (Å²) in [5.41, 5.74) is 0.904. The van der Waals surface area contributed by atoms with Crippen LogP contribution in [-0.4, -0.2) is 54.9 Å². The fourth-order valence-corrected chi connectivity index (χ4v) is 5.46. The number of sulfone groups is 1. The van der Waals surface area contributed by atoms with Crippen LogP contribution in [0.5, 0.6) is 0 Å². The van der Waals surface area contributed by atoms with Gasteiger partial charge in [0.2, 0.25) is 15.0 Å². The van der Waals surface area contributed by atoms with Crippen molar-refractivity contribution in [3.8, 4) is 0 Å². The SMILES string of the molecule is C=CCN(CC=C)Cc1cnc(S(=O)(=O)C2CCCC2)n1CCCOC. The van der Waals surface area contributed by atoms with E-state index < -0.39 is 9.84 Å². The zero-order chi connectivity index (χ0) is 19.0. The van der Waals surface area contributed by atoms with Crippen LogP contribution < -0.4 is 0 Å². The molecule has 1 aliphatic rings. The van der Waals surface area contributed by atoms with Crippen LogP contribution in [0, 0.1) is 0 Å². The summed E-state index contributed by atoms with van der Waals surface area (Å²) in [7, 11) is -1.74. The Morgan fingerprint density at radius 1 is 1.31 bits per heavy atom. The summed E-state index contributed by atoms with van der Waals surface area (Å²) in [6.07, 6.45) is 9.56. The van der Waals surface area contributed by atoms with Crippen molar-refractivity contribution >= 4 is 9.84 Å². The molecule has 6 nitrogen and oxygen atoms in total. The van der Waals surface area contributed by atoms with E-state index in [1.165, 1.54) is 0 Å². The standard InChI is InChI=1S/C19H31N3O3S/c1-4-11-21(12-5-2)16-17-15-20-19(22(17)13-8-14-25-3)26(23,24)18-9-6-7-10-18/h4-5,15,18H,1-2,6-14,16H2,3H3. The highest BCUT2D eigenvalue weighted by atomic mass is 32.2. The first-order valence-corrected chi connectivity index (χ1v) is 10.8. The van der Waals surface area contributed by atoms with Gasteiger partial charge in [0.1, 0.15) is 0 Å². The lowest BCUT2D eigenvalue weighted by molar-refractivity contribution is 0.188. The average Bonchev–Trinajstić information content (AvgIpc) is 3.27. The van der Waals surface area contributed by atoms with E-state index in [1.807, 2.05) is 16.7 Å². The number of methoxy groups -OCH3 is 1. The summed E-state index contributed by atoms with van der Waals surface area (Å²) in [6.45, 7) is 10.8. The molecule has 1 fully saturated rings. The molecule has 0 radical (unpaired) electrons. The number of hydrogen-bond donors (Lipinski definition) is 0. The number of rotatable bonds is 12. The monoisotopic (exact) mass is 381 g/mol. The van der Waals surface area contributed by atoms with Crippen molar-refractivity contribution in [3.63, 3.8) is 0 Å². The topological polar surface area (TPSA) is 64.4 Å². The van der Waals surface area contributed by atoms with Crippen molar-refractivity contribution < 1.29 is 13.2 Å². The van der Waals surface area contributed by atoms with E-state index in [1.54, 1.807) is 13.3 Å². The van der Waals surface area contributed by atoms with E-state index in [9.17, 15) is 8.42 Å². The van der Waals surface area contributed by atoms with E-state index in [2.05, 4.69) is 23.0 Å². The second kappa shape index (κ2) is 10.0. The van der Waals surface area contributed by atoms with Crippen molar-refractivity contribution in [2.24, 2.45) is 0 Å².